The Labute approximate surface area is 164 Å². The number of nitrogens with zero attached hydrogens (tertiary/aromatic N) is 2. The lowest BCUT2D eigenvalue weighted by Crippen LogP contribution is -2.30. The maximum Gasteiger partial charge on any atom is 0.341 e. The molecule has 1 saturated heterocycles. The Hall–Kier alpha value is -2.55. The van der Waals surface area contributed by atoms with E-state index in [1.54, 1.807) is 4.90 Å². The second-order valence-electron chi connectivity index (χ2n) is 7.74. The molecule has 6 nitrogen and oxygen atoms in total. The predicted octanol–water partition coefficient (Wildman–Crippen LogP) is 2.33. The van der Waals surface area contributed by atoms with Crippen LogP contribution in [0.2, 0.25) is 0 Å². The molecule has 2 fully saturated rings. The van der Waals surface area contributed by atoms with Crippen molar-refractivity contribution < 1.29 is 23.1 Å². The highest BCUT2D eigenvalue weighted by molar-refractivity contribution is 5.93. The minimum Gasteiger partial charge on any atom is -0.477 e. The molecule has 2 heterocycles. The number of carboxylic acid groups (broad SMARTS) is 1. The third-order valence-corrected chi connectivity index (χ3v) is 5.65. The number of hydrogen-bond acceptors (Lipinski definition) is 4. The number of carbonyl (C=O) groups is 1. The summed E-state index contributed by atoms with van der Waals surface area (Å²) in [5.41, 5.74) is -1.02. The number of nitrogens with one attached hydrogen (secondary N) is 1. The van der Waals surface area contributed by atoms with Gasteiger partial charge in [0, 0.05) is 43.2 Å². The van der Waals surface area contributed by atoms with E-state index in [1.165, 1.54) is 10.6 Å². The van der Waals surface area contributed by atoms with Gasteiger partial charge in [-0.3, -0.25) is 4.79 Å². The molecule has 2 aromatic rings. The number of fused-ring (bicyclic) bond motifs is 1. The first-order chi connectivity index (χ1) is 13.9. The summed E-state index contributed by atoms with van der Waals surface area (Å²) in [5, 5.41) is 12.4. The first kappa shape index (κ1) is 19.8. The summed E-state index contributed by atoms with van der Waals surface area (Å²) in [7, 11) is 0. The van der Waals surface area contributed by atoms with E-state index in [1.807, 2.05) is 0 Å². The minimum atomic E-state index is -1.46. The Balaban J connectivity index is 1.71. The number of benzene rings is 1. The van der Waals surface area contributed by atoms with E-state index in [-0.39, 0.29) is 35.6 Å². The summed E-state index contributed by atoms with van der Waals surface area (Å²) in [4.78, 5) is 25.3. The second-order valence-corrected chi connectivity index (χ2v) is 7.74. The third-order valence-electron chi connectivity index (χ3n) is 5.65. The zero-order valence-electron chi connectivity index (χ0n) is 15.7. The zero-order valence-corrected chi connectivity index (χ0v) is 15.7. The Bertz CT molecular complexity index is 1010. The van der Waals surface area contributed by atoms with Crippen LogP contribution in [0.5, 0.6) is 0 Å². The van der Waals surface area contributed by atoms with Gasteiger partial charge in [0.05, 0.1) is 17.7 Å². The van der Waals surface area contributed by atoms with Crippen molar-refractivity contribution in [3.05, 3.63) is 39.9 Å². The molecule has 1 aromatic heterocycles. The fraction of sp³-hybridized carbons (Fsp3) is 0.500. The van der Waals surface area contributed by atoms with Gasteiger partial charge in [-0.15, -0.1) is 0 Å². The van der Waals surface area contributed by atoms with Gasteiger partial charge in [0.2, 0.25) is 5.43 Å². The molecule has 2 aliphatic rings. The lowest BCUT2D eigenvalue weighted by Gasteiger charge is -2.21. The maximum absolute atomic E-state index is 14.8. The average Bonchev–Trinajstić information content (AvgIpc) is 3.43. The van der Waals surface area contributed by atoms with E-state index in [2.05, 4.69) is 5.32 Å². The lowest BCUT2D eigenvalue weighted by atomic mass is 10.1. The van der Waals surface area contributed by atoms with Gasteiger partial charge in [-0.2, -0.15) is 0 Å². The fourth-order valence-corrected chi connectivity index (χ4v) is 3.90. The third kappa shape index (κ3) is 3.83. The molecular formula is C20H22F3N3O3. The molecular weight excluding hydrogens is 387 g/mol. The number of carboxylic acids is 1. The van der Waals surface area contributed by atoms with E-state index in [4.69, 9.17) is 0 Å². The molecule has 1 aliphatic heterocycles. The molecule has 2 atom stereocenters. The predicted molar refractivity (Wildman–Crippen MR) is 103 cm³/mol. The first-order valence-electron chi connectivity index (χ1n) is 9.67. The van der Waals surface area contributed by atoms with Gasteiger partial charge in [0.1, 0.15) is 24.2 Å². The van der Waals surface area contributed by atoms with E-state index >= 15 is 0 Å². The number of rotatable bonds is 7. The van der Waals surface area contributed by atoms with Crippen LogP contribution in [0.25, 0.3) is 10.9 Å². The van der Waals surface area contributed by atoms with Crippen LogP contribution in [0.1, 0.15) is 23.2 Å². The van der Waals surface area contributed by atoms with Gasteiger partial charge in [0.15, 0.2) is 0 Å². The highest BCUT2D eigenvalue weighted by atomic mass is 19.1. The van der Waals surface area contributed by atoms with Crippen LogP contribution < -0.4 is 15.6 Å². The Morgan fingerprint density at radius 2 is 2.03 bits per heavy atom. The topological polar surface area (TPSA) is 74.6 Å². The van der Waals surface area contributed by atoms with Gasteiger partial charge < -0.3 is 19.9 Å². The van der Waals surface area contributed by atoms with Gasteiger partial charge in [-0.05, 0) is 25.0 Å². The van der Waals surface area contributed by atoms with Crippen LogP contribution in [0.15, 0.2) is 23.1 Å². The number of aryl methyl sites for hydroxylation is 1. The summed E-state index contributed by atoms with van der Waals surface area (Å²) in [6, 6.07) is 2.81. The number of hydrogen-bond donors (Lipinski definition) is 2. The fourth-order valence-electron chi connectivity index (χ4n) is 3.90. The van der Waals surface area contributed by atoms with E-state index in [9.17, 15) is 27.9 Å². The summed E-state index contributed by atoms with van der Waals surface area (Å²) in [5.74, 6) is -2.46. The molecule has 1 aliphatic carbocycles. The highest BCUT2D eigenvalue weighted by Crippen LogP contribution is 2.31. The zero-order chi connectivity index (χ0) is 20.7. The molecule has 1 saturated carbocycles. The van der Waals surface area contributed by atoms with Gasteiger partial charge in [-0.1, -0.05) is 0 Å². The molecule has 0 unspecified atom stereocenters. The Kier molecular flexibility index (Phi) is 5.24. The highest BCUT2D eigenvalue weighted by Gasteiger charge is 2.35. The Morgan fingerprint density at radius 3 is 2.69 bits per heavy atom. The van der Waals surface area contributed by atoms with Crippen LogP contribution in [-0.4, -0.2) is 54.2 Å². The standard InChI is InChI=1S/C20H22F3N3O3/c21-3-4-25-9-14(20(28)29)19(27)13-5-15(22)18(6-17(13)25)26-8-11(16(23)10-26)7-24-12-1-2-12/h5-6,9,11-12,16,24H,1-4,7-8,10H2,(H,28,29)/t11-,16+/m0/s1. The molecule has 4 rings (SSSR count). The Morgan fingerprint density at radius 1 is 1.28 bits per heavy atom. The van der Waals surface area contributed by atoms with Crippen molar-refractivity contribution in [1.29, 1.82) is 0 Å². The molecule has 0 spiro atoms. The average molecular weight is 409 g/mol. The summed E-state index contributed by atoms with van der Waals surface area (Å²) < 4.78 is 43.6. The summed E-state index contributed by atoms with van der Waals surface area (Å²) >= 11 is 0. The normalized spacial score (nSPS) is 21.8. The van der Waals surface area contributed by atoms with Crippen molar-refractivity contribution in [3.63, 3.8) is 0 Å². The molecule has 2 N–H and O–H groups in total. The van der Waals surface area contributed by atoms with Crippen LogP contribution in [0, 0.1) is 11.7 Å². The first-order valence-corrected chi connectivity index (χ1v) is 9.67. The molecule has 0 amide bonds. The number of pyridine rings is 1. The van der Waals surface area contributed by atoms with Crippen molar-refractivity contribution >= 4 is 22.6 Å². The number of halogens is 3. The maximum atomic E-state index is 14.8. The van der Waals surface area contributed by atoms with Crippen molar-refractivity contribution in [3.8, 4) is 0 Å². The van der Waals surface area contributed by atoms with Crippen LogP contribution in [0.3, 0.4) is 0 Å². The molecule has 0 bridgehead atoms. The minimum absolute atomic E-state index is 0.0278. The van der Waals surface area contributed by atoms with Crippen LogP contribution >= 0.6 is 0 Å². The monoisotopic (exact) mass is 409 g/mol. The number of aromatic carboxylic acids is 1. The number of anilines is 1. The molecule has 0 radical (unpaired) electrons. The quantitative estimate of drug-likeness (QED) is 0.734. The van der Waals surface area contributed by atoms with E-state index in [0.29, 0.717) is 19.1 Å². The largest absolute Gasteiger partial charge is 0.477 e. The smallest absolute Gasteiger partial charge is 0.341 e. The molecule has 156 valence electrons. The van der Waals surface area contributed by atoms with Gasteiger partial charge >= 0.3 is 5.97 Å². The summed E-state index contributed by atoms with van der Waals surface area (Å²) in [6.45, 7) is -0.0906. The van der Waals surface area contributed by atoms with Gasteiger partial charge in [-0.25, -0.2) is 18.0 Å². The SMILES string of the molecule is O=C(O)c1cn(CCF)c2cc(N3C[C@H](CNC4CC4)[C@H](F)C3)c(F)cc2c1=O. The van der Waals surface area contributed by atoms with Crippen molar-refractivity contribution in [2.75, 3.05) is 31.2 Å². The summed E-state index contributed by atoms with van der Waals surface area (Å²) in [6.07, 6.45) is 2.14. The van der Waals surface area contributed by atoms with Crippen molar-refractivity contribution in [2.45, 2.75) is 31.6 Å². The van der Waals surface area contributed by atoms with Crippen molar-refractivity contribution in [2.24, 2.45) is 5.92 Å². The number of alkyl halides is 2. The van der Waals surface area contributed by atoms with Crippen LogP contribution in [-0.2, 0) is 6.54 Å². The van der Waals surface area contributed by atoms with E-state index < -0.39 is 35.6 Å². The van der Waals surface area contributed by atoms with Crippen molar-refractivity contribution in [1.82, 2.24) is 9.88 Å². The second kappa shape index (κ2) is 7.70. The van der Waals surface area contributed by atoms with Gasteiger partial charge in [0.25, 0.3) is 0 Å². The van der Waals surface area contributed by atoms with E-state index in [0.717, 1.165) is 25.1 Å². The van der Waals surface area contributed by atoms with Crippen LogP contribution in [0.4, 0.5) is 18.9 Å². The number of aromatic nitrogens is 1. The lowest BCUT2D eigenvalue weighted by molar-refractivity contribution is 0.0694. The molecule has 29 heavy (non-hydrogen) atoms. The molecule has 9 heteroatoms. The molecule has 1 aromatic carbocycles.